The van der Waals surface area contributed by atoms with Gasteiger partial charge < -0.3 is 15.5 Å². The molecule has 0 bridgehead atoms. The first-order valence-electron chi connectivity index (χ1n) is 8.33. The fourth-order valence-corrected chi connectivity index (χ4v) is 2.63. The van der Waals surface area contributed by atoms with Crippen LogP contribution in [0.4, 0.5) is 14.9 Å². The van der Waals surface area contributed by atoms with Crippen molar-refractivity contribution in [2.24, 2.45) is 0 Å². The average Bonchev–Trinajstić information content (AvgIpc) is 3.18. The molecule has 27 heavy (non-hydrogen) atoms. The molecule has 2 amide bonds. The molecule has 2 N–H and O–H groups in total. The van der Waals surface area contributed by atoms with Crippen molar-refractivity contribution in [3.8, 4) is 5.69 Å². The van der Waals surface area contributed by atoms with Crippen LogP contribution in [-0.2, 0) is 0 Å². The van der Waals surface area contributed by atoms with Gasteiger partial charge in [-0.25, -0.2) is 13.9 Å². The van der Waals surface area contributed by atoms with Gasteiger partial charge in [-0.05, 0) is 66.5 Å². The number of anilines is 1. The topological polar surface area (TPSA) is 88.0 Å². The van der Waals surface area contributed by atoms with Crippen LogP contribution in [0.1, 0.15) is 11.6 Å². The van der Waals surface area contributed by atoms with Crippen LogP contribution >= 0.6 is 0 Å². The first-order valence-corrected chi connectivity index (χ1v) is 8.33. The average molecular weight is 369 g/mol. The lowest BCUT2D eigenvalue weighted by atomic mass is 10.1. The number of carbonyl (C=O) groups is 1. The molecular formula is C18H20FN7O. The summed E-state index contributed by atoms with van der Waals surface area (Å²) in [5.41, 5.74) is 2.36. The second-order valence-corrected chi connectivity index (χ2v) is 6.17. The molecule has 0 aliphatic carbocycles. The summed E-state index contributed by atoms with van der Waals surface area (Å²) in [6.07, 6.45) is 1.49. The van der Waals surface area contributed by atoms with Crippen molar-refractivity contribution in [3.05, 3.63) is 66.2 Å². The van der Waals surface area contributed by atoms with Gasteiger partial charge in [-0.2, -0.15) is 0 Å². The summed E-state index contributed by atoms with van der Waals surface area (Å²) < 4.78 is 14.6. The summed E-state index contributed by atoms with van der Waals surface area (Å²) in [5.74, 6) is -0.285. The molecule has 0 saturated carbocycles. The second kappa shape index (κ2) is 8.37. The highest BCUT2D eigenvalue weighted by atomic mass is 19.1. The zero-order chi connectivity index (χ0) is 19.2. The first kappa shape index (κ1) is 18.5. The largest absolute Gasteiger partial charge is 0.336 e. The highest BCUT2D eigenvalue weighted by molar-refractivity contribution is 5.89. The number of aromatic nitrogens is 4. The van der Waals surface area contributed by atoms with Crippen LogP contribution in [0.5, 0.6) is 0 Å². The molecule has 0 fully saturated rings. The Hall–Kier alpha value is -3.33. The van der Waals surface area contributed by atoms with E-state index in [0.717, 1.165) is 11.3 Å². The standard InChI is InChI=1S/C18H20FN7O/c1-25(2)17(13-3-5-14(19)6-4-13)11-20-18(27)22-15-7-9-16(10-8-15)26-12-21-23-24-26/h3-10,12,17H,11H2,1-2H3,(H2,20,22,27). The lowest BCUT2D eigenvalue weighted by Crippen LogP contribution is -2.36. The summed E-state index contributed by atoms with van der Waals surface area (Å²) in [6.45, 7) is 0.382. The van der Waals surface area contributed by atoms with Crippen LogP contribution in [0.25, 0.3) is 5.69 Å². The van der Waals surface area contributed by atoms with Crippen molar-refractivity contribution < 1.29 is 9.18 Å². The maximum Gasteiger partial charge on any atom is 0.319 e. The SMILES string of the molecule is CN(C)C(CNC(=O)Nc1ccc(-n2cnnn2)cc1)c1ccc(F)cc1. The van der Waals surface area contributed by atoms with Gasteiger partial charge in [0.1, 0.15) is 12.1 Å². The maximum atomic E-state index is 13.1. The van der Waals surface area contributed by atoms with Crippen LogP contribution in [0.3, 0.4) is 0 Å². The monoisotopic (exact) mass is 369 g/mol. The Morgan fingerprint density at radius 2 is 1.85 bits per heavy atom. The number of carbonyl (C=O) groups excluding carboxylic acids is 1. The Balaban J connectivity index is 1.57. The third-order valence-electron chi connectivity index (χ3n) is 4.07. The van der Waals surface area contributed by atoms with E-state index in [4.69, 9.17) is 0 Å². The molecule has 3 rings (SSSR count). The Bertz CT molecular complexity index is 864. The lowest BCUT2D eigenvalue weighted by Gasteiger charge is -2.25. The molecule has 140 valence electrons. The van der Waals surface area contributed by atoms with Crippen LogP contribution in [0.2, 0.25) is 0 Å². The normalized spacial score (nSPS) is 12.0. The van der Waals surface area contributed by atoms with Crippen LogP contribution in [0.15, 0.2) is 54.9 Å². The van der Waals surface area contributed by atoms with Gasteiger partial charge in [0, 0.05) is 12.2 Å². The minimum absolute atomic E-state index is 0.0708. The van der Waals surface area contributed by atoms with E-state index in [1.165, 1.54) is 23.1 Å². The fourth-order valence-electron chi connectivity index (χ4n) is 2.63. The molecule has 1 heterocycles. The predicted octanol–water partition coefficient (Wildman–Crippen LogP) is 2.23. The quantitative estimate of drug-likeness (QED) is 0.696. The van der Waals surface area contributed by atoms with E-state index in [9.17, 15) is 9.18 Å². The van der Waals surface area contributed by atoms with Gasteiger partial charge in [0.15, 0.2) is 0 Å². The number of amides is 2. The van der Waals surface area contributed by atoms with Crippen LogP contribution < -0.4 is 10.6 Å². The molecule has 9 heteroatoms. The number of hydrogen-bond donors (Lipinski definition) is 2. The smallest absolute Gasteiger partial charge is 0.319 e. The molecular weight excluding hydrogens is 349 g/mol. The van der Waals surface area contributed by atoms with Crippen molar-refractivity contribution in [3.63, 3.8) is 0 Å². The third-order valence-corrected chi connectivity index (χ3v) is 4.07. The number of nitrogens with zero attached hydrogens (tertiary/aromatic N) is 5. The van der Waals surface area contributed by atoms with Gasteiger partial charge >= 0.3 is 6.03 Å². The van der Waals surface area contributed by atoms with E-state index < -0.39 is 0 Å². The molecule has 3 aromatic rings. The molecule has 8 nitrogen and oxygen atoms in total. The highest BCUT2D eigenvalue weighted by Gasteiger charge is 2.15. The van der Waals surface area contributed by atoms with Crippen LogP contribution in [-0.4, -0.2) is 51.8 Å². The van der Waals surface area contributed by atoms with Gasteiger partial charge in [-0.15, -0.1) is 5.10 Å². The van der Waals surface area contributed by atoms with Crippen molar-refractivity contribution in [1.29, 1.82) is 0 Å². The fraction of sp³-hybridized carbons (Fsp3) is 0.222. The number of benzene rings is 2. The zero-order valence-corrected chi connectivity index (χ0v) is 15.0. The molecule has 0 saturated heterocycles. The Labute approximate surface area is 156 Å². The summed E-state index contributed by atoms with van der Waals surface area (Å²) >= 11 is 0. The number of rotatable bonds is 6. The molecule has 0 aliphatic heterocycles. The highest BCUT2D eigenvalue weighted by Crippen LogP contribution is 2.18. The number of nitrogens with one attached hydrogen (secondary N) is 2. The van der Waals surface area contributed by atoms with Crippen molar-refractivity contribution >= 4 is 11.7 Å². The molecule has 0 radical (unpaired) electrons. The van der Waals surface area contributed by atoms with E-state index in [1.54, 1.807) is 36.4 Å². The molecule has 2 aromatic carbocycles. The van der Waals surface area contributed by atoms with Crippen molar-refractivity contribution in [1.82, 2.24) is 30.4 Å². The van der Waals surface area contributed by atoms with Crippen molar-refractivity contribution in [2.75, 3.05) is 26.0 Å². The third kappa shape index (κ3) is 4.85. The molecule has 1 aromatic heterocycles. The second-order valence-electron chi connectivity index (χ2n) is 6.17. The first-order chi connectivity index (χ1) is 13.0. The Kier molecular flexibility index (Phi) is 5.72. The summed E-state index contributed by atoms with van der Waals surface area (Å²) in [4.78, 5) is 14.2. The van der Waals surface area contributed by atoms with Gasteiger partial charge in [0.25, 0.3) is 0 Å². The number of likely N-dealkylation sites (N-methyl/N-ethyl adjacent to an activating group) is 1. The van der Waals surface area contributed by atoms with Gasteiger partial charge in [0.2, 0.25) is 0 Å². The Morgan fingerprint density at radius 1 is 1.15 bits per heavy atom. The van der Waals surface area contributed by atoms with Crippen molar-refractivity contribution in [2.45, 2.75) is 6.04 Å². The summed E-state index contributed by atoms with van der Waals surface area (Å²) in [6, 6.07) is 13.0. The van der Waals surface area contributed by atoms with E-state index in [-0.39, 0.29) is 17.9 Å². The zero-order valence-electron chi connectivity index (χ0n) is 15.0. The maximum absolute atomic E-state index is 13.1. The van der Waals surface area contributed by atoms with E-state index in [1.807, 2.05) is 19.0 Å². The number of halogens is 1. The van der Waals surface area contributed by atoms with E-state index >= 15 is 0 Å². The number of tetrazole rings is 1. The van der Waals surface area contributed by atoms with E-state index in [0.29, 0.717) is 12.2 Å². The molecule has 1 unspecified atom stereocenters. The predicted molar refractivity (Wildman–Crippen MR) is 99.0 cm³/mol. The minimum Gasteiger partial charge on any atom is -0.336 e. The summed E-state index contributed by atoms with van der Waals surface area (Å²) in [7, 11) is 3.82. The van der Waals surface area contributed by atoms with Gasteiger partial charge in [0.05, 0.1) is 11.7 Å². The van der Waals surface area contributed by atoms with Gasteiger partial charge in [-0.3, -0.25) is 0 Å². The molecule has 0 spiro atoms. The number of urea groups is 1. The minimum atomic E-state index is -0.320. The summed E-state index contributed by atoms with van der Waals surface area (Å²) in [5, 5.41) is 16.6. The van der Waals surface area contributed by atoms with Crippen LogP contribution in [0, 0.1) is 5.82 Å². The van der Waals surface area contributed by atoms with Gasteiger partial charge in [-0.1, -0.05) is 12.1 Å². The lowest BCUT2D eigenvalue weighted by molar-refractivity contribution is 0.243. The number of hydrogen-bond acceptors (Lipinski definition) is 5. The molecule has 1 atom stereocenters. The van der Waals surface area contributed by atoms with E-state index in [2.05, 4.69) is 26.2 Å². The molecule has 0 aliphatic rings. The Morgan fingerprint density at radius 3 is 2.44 bits per heavy atom.